The van der Waals surface area contributed by atoms with Crippen LogP contribution in [0.3, 0.4) is 0 Å². The molecule has 0 aliphatic carbocycles. The van der Waals surface area contributed by atoms with Crippen LogP contribution in [0.25, 0.3) is 0 Å². The Morgan fingerprint density at radius 2 is 2.06 bits per heavy atom. The maximum absolute atomic E-state index is 10.5. The van der Waals surface area contributed by atoms with Gasteiger partial charge in [-0.05, 0) is 12.1 Å². The fourth-order valence-corrected chi connectivity index (χ4v) is 1.62. The molecule has 0 unspecified atom stereocenters. The van der Waals surface area contributed by atoms with Crippen LogP contribution in [0.15, 0.2) is 34.6 Å². The summed E-state index contributed by atoms with van der Waals surface area (Å²) in [5, 5.41) is 9.37. The zero-order valence-electron chi connectivity index (χ0n) is 9.12. The molecule has 1 aromatic rings. The molecule has 0 heterocycles. The highest BCUT2D eigenvalue weighted by Crippen LogP contribution is 2.23. The summed E-state index contributed by atoms with van der Waals surface area (Å²) in [5.41, 5.74) is 0.493. The van der Waals surface area contributed by atoms with Crippen LogP contribution in [-0.4, -0.2) is 37.3 Å². The third-order valence-corrected chi connectivity index (χ3v) is 2.85. The number of hydrogen-bond acceptors (Lipinski definition) is 4. The van der Waals surface area contributed by atoms with Crippen LogP contribution in [0.5, 0.6) is 0 Å². The number of benzene rings is 1. The van der Waals surface area contributed by atoms with Crippen molar-refractivity contribution in [2.75, 3.05) is 19.3 Å². The van der Waals surface area contributed by atoms with Crippen molar-refractivity contribution < 1.29 is 13.0 Å². The standard InChI is InChI=1S/C9H12ClN3O3S/c1-13(6-7-17(14,15)16)12-11-9-5-3-2-4-8(9)10/h2-5H,6-7H2,1H3,(H,14,15,16). The van der Waals surface area contributed by atoms with Crippen molar-refractivity contribution in [3.63, 3.8) is 0 Å². The van der Waals surface area contributed by atoms with Gasteiger partial charge in [0.15, 0.2) is 0 Å². The van der Waals surface area contributed by atoms with Crippen molar-refractivity contribution in [1.29, 1.82) is 0 Å². The Morgan fingerprint density at radius 1 is 1.41 bits per heavy atom. The summed E-state index contributed by atoms with van der Waals surface area (Å²) in [6.07, 6.45) is 0. The molecular formula is C9H12ClN3O3S. The molecule has 0 saturated carbocycles. The summed E-state index contributed by atoms with van der Waals surface area (Å²) < 4.78 is 29.5. The minimum Gasteiger partial charge on any atom is -0.285 e. The van der Waals surface area contributed by atoms with Crippen molar-refractivity contribution in [1.82, 2.24) is 5.01 Å². The summed E-state index contributed by atoms with van der Waals surface area (Å²) >= 11 is 5.85. The zero-order valence-corrected chi connectivity index (χ0v) is 10.7. The van der Waals surface area contributed by atoms with Crippen molar-refractivity contribution in [3.8, 4) is 0 Å². The predicted octanol–water partition coefficient (Wildman–Crippen LogP) is 2.16. The molecule has 0 atom stereocenters. The minimum absolute atomic E-state index is 0.0484. The van der Waals surface area contributed by atoms with E-state index >= 15 is 0 Å². The van der Waals surface area contributed by atoms with E-state index in [1.54, 1.807) is 31.3 Å². The van der Waals surface area contributed by atoms with Crippen molar-refractivity contribution in [2.45, 2.75) is 0 Å². The van der Waals surface area contributed by atoms with Crippen LogP contribution in [0.1, 0.15) is 0 Å². The van der Waals surface area contributed by atoms with Gasteiger partial charge in [0.05, 0.1) is 17.3 Å². The first-order chi connectivity index (χ1) is 7.88. The number of nitrogens with zero attached hydrogens (tertiary/aromatic N) is 3. The van der Waals surface area contributed by atoms with Crippen LogP contribution < -0.4 is 0 Å². The van der Waals surface area contributed by atoms with Crippen LogP contribution in [0.2, 0.25) is 5.02 Å². The Bertz CT molecular complexity index is 504. The normalized spacial score (nSPS) is 11.9. The Labute approximate surface area is 105 Å². The molecule has 1 rings (SSSR count). The average molecular weight is 278 g/mol. The molecule has 0 bridgehead atoms. The SMILES string of the molecule is CN(CCS(=O)(=O)O)N=Nc1ccccc1Cl. The molecule has 6 nitrogen and oxygen atoms in total. The largest absolute Gasteiger partial charge is 0.285 e. The third kappa shape index (κ3) is 5.62. The van der Waals surface area contributed by atoms with E-state index in [9.17, 15) is 8.42 Å². The minimum atomic E-state index is -3.98. The van der Waals surface area contributed by atoms with Crippen LogP contribution in [-0.2, 0) is 10.1 Å². The van der Waals surface area contributed by atoms with Gasteiger partial charge in [-0.15, -0.1) is 5.11 Å². The van der Waals surface area contributed by atoms with E-state index in [0.717, 1.165) is 0 Å². The van der Waals surface area contributed by atoms with Gasteiger partial charge in [-0.2, -0.15) is 8.42 Å². The van der Waals surface area contributed by atoms with Gasteiger partial charge in [0.2, 0.25) is 0 Å². The summed E-state index contributed by atoms with van der Waals surface area (Å²) in [6, 6.07) is 6.89. The number of rotatable bonds is 5. The molecule has 0 aromatic heterocycles. The first-order valence-electron chi connectivity index (χ1n) is 4.71. The van der Waals surface area contributed by atoms with E-state index in [1.165, 1.54) is 5.01 Å². The van der Waals surface area contributed by atoms with Crippen molar-refractivity contribution in [3.05, 3.63) is 29.3 Å². The van der Waals surface area contributed by atoms with Gasteiger partial charge in [-0.3, -0.25) is 9.56 Å². The molecule has 0 aliphatic rings. The second-order valence-corrected chi connectivity index (χ2v) is 5.29. The Hall–Kier alpha value is -1.18. The molecular weight excluding hydrogens is 266 g/mol. The van der Waals surface area contributed by atoms with Crippen LogP contribution in [0, 0.1) is 0 Å². The zero-order chi connectivity index (χ0) is 12.9. The summed E-state index contributed by atoms with van der Waals surface area (Å²) in [6.45, 7) is 0.0484. The quantitative estimate of drug-likeness (QED) is 0.508. The van der Waals surface area contributed by atoms with Gasteiger partial charge in [-0.25, -0.2) is 0 Å². The third-order valence-electron chi connectivity index (χ3n) is 1.83. The molecule has 1 N–H and O–H groups in total. The van der Waals surface area contributed by atoms with Gasteiger partial charge >= 0.3 is 0 Å². The highest BCUT2D eigenvalue weighted by molar-refractivity contribution is 7.85. The van der Waals surface area contributed by atoms with Crippen LogP contribution in [0.4, 0.5) is 5.69 Å². The maximum Gasteiger partial charge on any atom is 0.266 e. The Balaban J connectivity index is 2.57. The molecule has 0 aliphatic heterocycles. The molecule has 0 radical (unpaired) electrons. The first-order valence-corrected chi connectivity index (χ1v) is 6.70. The van der Waals surface area contributed by atoms with E-state index in [4.69, 9.17) is 16.2 Å². The van der Waals surface area contributed by atoms with E-state index in [-0.39, 0.29) is 6.54 Å². The van der Waals surface area contributed by atoms with Gasteiger partial charge in [-0.1, -0.05) is 29.0 Å². The Kier molecular flexibility index (Phi) is 4.86. The molecule has 0 fully saturated rings. The lowest BCUT2D eigenvalue weighted by Gasteiger charge is -2.09. The highest BCUT2D eigenvalue weighted by Gasteiger charge is 2.05. The monoisotopic (exact) mass is 277 g/mol. The molecule has 1 aromatic carbocycles. The summed E-state index contributed by atoms with van der Waals surface area (Å²) in [5.74, 6) is -0.398. The van der Waals surface area contributed by atoms with Crippen molar-refractivity contribution >= 4 is 27.4 Å². The highest BCUT2D eigenvalue weighted by atomic mass is 35.5. The number of halogens is 1. The smallest absolute Gasteiger partial charge is 0.266 e. The molecule has 8 heteroatoms. The maximum atomic E-state index is 10.5. The molecule has 17 heavy (non-hydrogen) atoms. The van der Waals surface area contributed by atoms with E-state index in [0.29, 0.717) is 10.7 Å². The van der Waals surface area contributed by atoms with E-state index < -0.39 is 15.9 Å². The summed E-state index contributed by atoms with van der Waals surface area (Å²) in [7, 11) is -2.43. The van der Waals surface area contributed by atoms with Gasteiger partial charge in [0.25, 0.3) is 10.1 Å². The van der Waals surface area contributed by atoms with E-state index in [2.05, 4.69) is 10.3 Å². The van der Waals surface area contributed by atoms with Crippen molar-refractivity contribution in [2.24, 2.45) is 10.3 Å². The van der Waals surface area contributed by atoms with Gasteiger partial charge in [0.1, 0.15) is 5.69 Å². The molecule has 0 amide bonds. The second kappa shape index (κ2) is 5.95. The van der Waals surface area contributed by atoms with Crippen LogP contribution >= 0.6 is 11.6 Å². The fraction of sp³-hybridized carbons (Fsp3) is 0.333. The lowest BCUT2D eigenvalue weighted by Crippen LogP contribution is -2.20. The van der Waals surface area contributed by atoms with Gasteiger partial charge in [0, 0.05) is 7.05 Å². The van der Waals surface area contributed by atoms with E-state index in [1.807, 2.05) is 0 Å². The lowest BCUT2D eigenvalue weighted by molar-refractivity contribution is 0.347. The molecule has 94 valence electrons. The topological polar surface area (TPSA) is 82.3 Å². The predicted molar refractivity (Wildman–Crippen MR) is 65.0 cm³/mol. The fourth-order valence-electron chi connectivity index (χ4n) is 0.950. The molecule has 0 spiro atoms. The second-order valence-electron chi connectivity index (χ2n) is 3.31. The van der Waals surface area contributed by atoms with Gasteiger partial charge < -0.3 is 0 Å². The molecule has 0 saturated heterocycles. The number of hydrogen-bond donors (Lipinski definition) is 1. The first kappa shape index (κ1) is 13.9. The Morgan fingerprint density at radius 3 is 2.65 bits per heavy atom. The average Bonchev–Trinajstić information content (AvgIpc) is 2.24. The lowest BCUT2D eigenvalue weighted by atomic mass is 10.3. The summed E-state index contributed by atoms with van der Waals surface area (Å²) in [4.78, 5) is 0.